The molecule has 1 aromatic heterocycles. The highest BCUT2D eigenvalue weighted by molar-refractivity contribution is 9.11. The van der Waals surface area contributed by atoms with E-state index >= 15 is 0 Å². The van der Waals surface area contributed by atoms with Crippen molar-refractivity contribution in [1.29, 1.82) is 0 Å². The molecule has 0 atom stereocenters. The summed E-state index contributed by atoms with van der Waals surface area (Å²) in [7, 11) is 0. The van der Waals surface area contributed by atoms with E-state index in [9.17, 15) is 9.90 Å². The molecule has 0 saturated carbocycles. The Morgan fingerprint density at radius 1 is 1.24 bits per heavy atom. The Morgan fingerprint density at radius 3 is 2.52 bits per heavy atom. The van der Waals surface area contributed by atoms with Gasteiger partial charge in [0.1, 0.15) is 5.75 Å². The van der Waals surface area contributed by atoms with Crippen LogP contribution in [0, 0.1) is 0 Å². The van der Waals surface area contributed by atoms with Gasteiger partial charge in [-0.3, -0.25) is 0 Å². The molecule has 1 N–H and O–H groups in total. The molecule has 110 valence electrons. The molecule has 6 heteroatoms. The average molecular weight is 415 g/mol. The Labute approximate surface area is 139 Å². The molecule has 21 heavy (non-hydrogen) atoms. The highest BCUT2D eigenvalue weighted by Crippen LogP contribution is 2.32. The van der Waals surface area contributed by atoms with Gasteiger partial charge in [-0.05, 0) is 46.1 Å². The smallest absolute Gasteiger partial charge is 0.335 e. The maximum atomic E-state index is 11.2. The molecular formula is C15H13Br2NO3. The number of nitrogens with zero attached hydrogens (tertiary/aromatic N) is 1. The minimum absolute atomic E-state index is 0.111. The molecular weight excluding hydrogens is 402 g/mol. The third-order valence-electron chi connectivity index (χ3n) is 2.77. The molecule has 0 saturated heterocycles. The molecule has 1 aromatic carbocycles. The van der Waals surface area contributed by atoms with Gasteiger partial charge in [-0.15, -0.1) is 0 Å². The first-order chi connectivity index (χ1) is 9.86. The number of benzene rings is 1. The van der Waals surface area contributed by atoms with Crippen molar-refractivity contribution in [3.05, 3.63) is 50.5 Å². The van der Waals surface area contributed by atoms with Crippen molar-refractivity contribution < 1.29 is 14.6 Å². The third-order valence-corrected chi connectivity index (χ3v) is 3.88. The van der Waals surface area contributed by atoms with Crippen LogP contribution in [-0.2, 0) is 0 Å². The number of pyridine rings is 1. The zero-order valence-electron chi connectivity index (χ0n) is 11.4. The predicted molar refractivity (Wildman–Crippen MR) is 87.2 cm³/mol. The molecule has 0 amide bonds. The van der Waals surface area contributed by atoms with E-state index in [-0.39, 0.29) is 17.4 Å². The van der Waals surface area contributed by atoms with E-state index in [0.29, 0.717) is 11.4 Å². The molecule has 0 aliphatic heterocycles. The Bertz CT molecular complexity index is 687. The minimum Gasteiger partial charge on any atom is -0.478 e. The zero-order chi connectivity index (χ0) is 15.6. The van der Waals surface area contributed by atoms with Crippen molar-refractivity contribution in [3.8, 4) is 11.6 Å². The maximum Gasteiger partial charge on any atom is 0.335 e. The Hall–Kier alpha value is -1.40. The number of carboxylic acid groups (broad SMARTS) is 1. The molecule has 0 unspecified atom stereocenters. The highest BCUT2D eigenvalue weighted by Gasteiger charge is 2.13. The van der Waals surface area contributed by atoms with Gasteiger partial charge >= 0.3 is 5.97 Å². The van der Waals surface area contributed by atoms with Crippen LogP contribution >= 0.6 is 31.9 Å². The van der Waals surface area contributed by atoms with Crippen LogP contribution in [0.4, 0.5) is 0 Å². The van der Waals surface area contributed by atoms with Crippen molar-refractivity contribution in [2.24, 2.45) is 0 Å². The molecule has 1 heterocycles. The van der Waals surface area contributed by atoms with E-state index < -0.39 is 5.97 Å². The van der Waals surface area contributed by atoms with Crippen LogP contribution in [0.25, 0.3) is 0 Å². The Balaban J connectivity index is 2.41. The summed E-state index contributed by atoms with van der Waals surface area (Å²) in [5, 5.41) is 9.17. The molecule has 2 aromatic rings. The third kappa shape index (κ3) is 4.04. The average Bonchev–Trinajstić information content (AvgIpc) is 2.41. The van der Waals surface area contributed by atoms with Gasteiger partial charge in [-0.25, -0.2) is 9.78 Å². The summed E-state index contributed by atoms with van der Waals surface area (Å²) < 4.78 is 7.37. The highest BCUT2D eigenvalue weighted by atomic mass is 79.9. The van der Waals surface area contributed by atoms with E-state index in [1.54, 1.807) is 12.1 Å². The minimum atomic E-state index is -1.00. The van der Waals surface area contributed by atoms with E-state index in [1.165, 1.54) is 6.07 Å². The molecule has 4 nitrogen and oxygen atoms in total. The molecule has 0 aliphatic carbocycles. The number of ether oxygens (including phenoxy) is 1. The van der Waals surface area contributed by atoms with Crippen LogP contribution < -0.4 is 4.74 Å². The molecule has 2 rings (SSSR count). The van der Waals surface area contributed by atoms with Crippen LogP contribution in [0.2, 0.25) is 0 Å². The van der Waals surface area contributed by atoms with E-state index in [4.69, 9.17) is 4.74 Å². The van der Waals surface area contributed by atoms with Gasteiger partial charge in [0.25, 0.3) is 0 Å². The molecule has 0 aliphatic rings. The lowest BCUT2D eigenvalue weighted by molar-refractivity contribution is 0.0696. The molecule has 0 spiro atoms. The fraction of sp³-hybridized carbons (Fsp3) is 0.200. The van der Waals surface area contributed by atoms with Gasteiger partial charge in [0.2, 0.25) is 5.88 Å². The monoisotopic (exact) mass is 413 g/mol. The second-order valence-electron chi connectivity index (χ2n) is 4.76. The van der Waals surface area contributed by atoms with E-state index in [1.807, 2.05) is 26.0 Å². The van der Waals surface area contributed by atoms with Crippen LogP contribution in [0.3, 0.4) is 0 Å². The van der Waals surface area contributed by atoms with Gasteiger partial charge in [-0.2, -0.15) is 0 Å². The van der Waals surface area contributed by atoms with Gasteiger partial charge in [-0.1, -0.05) is 29.8 Å². The van der Waals surface area contributed by atoms with Crippen molar-refractivity contribution >= 4 is 37.8 Å². The van der Waals surface area contributed by atoms with Gasteiger partial charge in [0, 0.05) is 16.2 Å². The van der Waals surface area contributed by atoms with E-state index in [2.05, 4.69) is 36.8 Å². The lowest BCUT2D eigenvalue weighted by Gasteiger charge is -2.11. The normalized spacial score (nSPS) is 10.7. The van der Waals surface area contributed by atoms with Crippen LogP contribution in [0.15, 0.2) is 39.3 Å². The van der Waals surface area contributed by atoms with Gasteiger partial charge < -0.3 is 9.84 Å². The summed E-state index contributed by atoms with van der Waals surface area (Å²) >= 11 is 6.76. The number of hydrogen-bond acceptors (Lipinski definition) is 3. The van der Waals surface area contributed by atoms with Gasteiger partial charge in [0.15, 0.2) is 0 Å². The largest absolute Gasteiger partial charge is 0.478 e. The quantitative estimate of drug-likeness (QED) is 0.744. The second kappa shape index (κ2) is 6.58. The number of rotatable bonds is 4. The molecule has 0 bridgehead atoms. The van der Waals surface area contributed by atoms with Crippen molar-refractivity contribution in [3.63, 3.8) is 0 Å². The predicted octanol–water partition coefficient (Wildman–Crippen LogP) is 5.22. The summed E-state index contributed by atoms with van der Waals surface area (Å²) in [5.74, 6) is -0.0522. The standard InChI is InChI=1S/C15H13Br2NO3/c1-8(2)12-5-9(15(19)20)6-14(18-12)21-13-4-3-10(16)7-11(13)17/h3-8H,1-2H3,(H,19,20). The number of hydrogen-bond donors (Lipinski definition) is 1. The second-order valence-corrected chi connectivity index (χ2v) is 6.53. The fourth-order valence-electron chi connectivity index (χ4n) is 1.67. The SMILES string of the molecule is CC(C)c1cc(C(=O)O)cc(Oc2ccc(Br)cc2Br)n1. The van der Waals surface area contributed by atoms with Crippen LogP contribution in [-0.4, -0.2) is 16.1 Å². The van der Waals surface area contributed by atoms with Gasteiger partial charge in [0.05, 0.1) is 10.0 Å². The summed E-state index contributed by atoms with van der Waals surface area (Å²) in [5.41, 5.74) is 0.843. The van der Waals surface area contributed by atoms with Crippen molar-refractivity contribution in [2.75, 3.05) is 0 Å². The number of aromatic nitrogens is 1. The van der Waals surface area contributed by atoms with Crippen LogP contribution in [0.1, 0.15) is 35.8 Å². The zero-order valence-corrected chi connectivity index (χ0v) is 14.6. The first-order valence-corrected chi connectivity index (χ1v) is 7.83. The summed E-state index contributed by atoms with van der Waals surface area (Å²) in [4.78, 5) is 15.5. The first kappa shape index (κ1) is 16.0. The topological polar surface area (TPSA) is 59.4 Å². The van der Waals surface area contributed by atoms with E-state index in [0.717, 1.165) is 8.95 Å². The van der Waals surface area contributed by atoms with Crippen molar-refractivity contribution in [1.82, 2.24) is 4.98 Å². The number of aromatic carboxylic acids is 1. The Morgan fingerprint density at radius 2 is 1.95 bits per heavy atom. The number of halogens is 2. The molecule has 0 radical (unpaired) electrons. The van der Waals surface area contributed by atoms with Crippen molar-refractivity contribution in [2.45, 2.75) is 19.8 Å². The summed E-state index contributed by atoms with van der Waals surface area (Å²) in [6.07, 6.45) is 0. The lowest BCUT2D eigenvalue weighted by Crippen LogP contribution is -2.03. The van der Waals surface area contributed by atoms with Crippen LogP contribution in [0.5, 0.6) is 11.6 Å². The fourth-order valence-corrected chi connectivity index (χ4v) is 2.80. The number of carboxylic acids is 1. The Kier molecular flexibility index (Phi) is 5.00. The first-order valence-electron chi connectivity index (χ1n) is 6.25. The summed E-state index contributed by atoms with van der Waals surface area (Å²) in [6, 6.07) is 8.45. The maximum absolute atomic E-state index is 11.2. The molecule has 0 fully saturated rings. The lowest BCUT2D eigenvalue weighted by atomic mass is 10.1. The summed E-state index contributed by atoms with van der Waals surface area (Å²) in [6.45, 7) is 3.90. The number of carbonyl (C=O) groups is 1.